The van der Waals surface area contributed by atoms with E-state index in [9.17, 15) is 9.59 Å². The number of amidine groups is 1. The summed E-state index contributed by atoms with van der Waals surface area (Å²) in [5, 5.41) is 13.9. The first-order chi connectivity index (χ1) is 13.4. The van der Waals surface area contributed by atoms with Gasteiger partial charge in [-0.2, -0.15) is 0 Å². The van der Waals surface area contributed by atoms with Crippen LogP contribution in [0.5, 0.6) is 0 Å². The van der Waals surface area contributed by atoms with Crippen molar-refractivity contribution >= 4 is 23.5 Å². The second kappa shape index (κ2) is 8.44. The number of rotatable bonds is 4. The Hall–Kier alpha value is -2.85. The molecule has 0 aromatic heterocycles. The van der Waals surface area contributed by atoms with Gasteiger partial charge in [-0.05, 0) is 56.5 Å². The fraction of sp³-hybridized carbons (Fsp3) is 0.476. The van der Waals surface area contributed by atoms with Crippen molar-refractivity contribution in [2.24, 2.45) is 0 Å². The van der Waals surface area contributed by atoms with E-state index in [1.54, 1.807) is 0 Å². The van der Waals surface area contributed by atoms with Crippen molar-refractivity contribution < 1.29 is 9.59 Å². The fourth-order valence-corrected chi connectivity index (χ4v) is 3.88. The van der Waals surface area contributed by atoms with E-state index in [-0.39, 0.29) is 30.8 Å². The van der Waals surface area contributed by atoms with Gasteiger partial charge in [-0.3, -0.25) is 25.3 Å². The molecular weight excluding hydrogens is 354 g/mol. The van der Waals surface area contributed by atoms with E-state index in [1.165, 1.54) is 10.5 Å². The van der Waals surface area contributed by atoms with Crippen LogP contribution in [0.1, 0.15) is 43.2 Å². The molecule has 7 nitrogen and oxygen atoms in total. The van der Waals surface area contributed by atoms with Gasteiger partial charge in [0.2, 0.25) is 5.91 Å². The minimum atomic E-state index is -0.539. The third-order valence-corrected chi connectivity index (χ3v) is 5.68. The predicted molar refractivity (Wildman–Crippen MR) is 110 cm³/mol. The molecule has 1 unspecified atom stereocenters. The number of hydrogen-bond donors (Lipinski definition) is 3. The Kier molecular flexibility index (Phi) is 6.00. The molecule has 0 aliphatic carbocycles. The van der Waals surface area contributed by atoms with Crippen molar-refractivity contribution in [2.45, 2.75) is 38.1 Å². The van der Waals surface area contributed by atoms with E-state index < -0.39 is 6.03 Å². The van der Waals surface area contributed by atoms with Crippen LogP contribution in [-0.4, -0.2) is 60.3 Å². The van der Waals surface area contributed by atoms with Gasteiger partial charge in [-0.15, -0.1) is 6.42 Å². The van der Waals surface area contributed by atoms with E-state index in [0.717, 1.165) is 31.6 Å². The fourth-order valence-electron chi connectivity index (χ4n) is 3.88. The van der Waals surface area contributed by atoms with Gasteiger partial charge in [0.1, 0.15) is 5.84 Å². The Bertz CT molecular complexity index is 821. The number of carbonyl (C=O) groups excluding carboxylic acids is 2. The number of benzene rings is 1. The number of nitrogens with zero attached hydrogens (tertiary/aromatic N) is 2. The molecule has 0 spiro atoms. The molecule has 2 saturated heterocycles. The van der Waals surface area contributed by atoms with Crippen LogP contribution in [0.3, 0.4) is 0 Å². The molecule has 7 heteroatoms. The van der Waals surface area contributed by atoms with Gasteiger partial charge in [0, 0.05) is 31.3 Å². The Balaban J connectivity index is 1.74. The Morgan fingerprint density at radius 2 is 2.04 bits per heavy atom. The van der Waals surface area contributed by atoms with Gasteiger partial charge in [-0.1, -0.05) is 12.0 Å². The Labute approximate surface area is 166 Å². The number of piperidine rings is 1. The monoisotopic (exact) mass is 381 g/mol. The lowest BCUT2D eigenvalue weighted by molar-refractivity contribution is -0.121. The van der Waals surface area contributed by atoms with Crippen LogP contribution in [0.4, 0.5) is 10.5 Å². The van der Waals surface area contributed by atoms with E-state index >= 15 is 0 Å². The highest BCUT2D eigenvalue weighted by atomic mass is 16.2. The van der Waals surface area contributed by atoms with Crippen molar-refractivity contribution in [3.63, 3.8) is 0 Å². The van der Waals surface area contributed by atoms with E-state index in [1.807, 2.05) is 19.2 Å². The third-order valence-electron chi connectivity index (χ3n) is 5.68. The molecule has 2 fully saturated rings. The van der Waals surface area contributed by atoms with Gasteiger partial charge >= 0.3 is 6.03 Å². The average Bonchev–Trinajstić information content (AvgIpc) is 2.72. The summed E-state index contributed by atoms with van der Waals surface area (Å²) in [5.74, 6) is 3.04. The normalized spacial score (nSPS) is 19.7. The van der Waals surface area contributed by atoms with Gasteiger partial charge in [0.15, 0.2) is 0 Å². The van der Waals surface area contributed by atoms with Crippen molar-refractivity contribution in [1.82, 2.24) is 15.1 Å². The van der Waals surface area contributed by atoms with Crippen LogP contribution in [0.25, 0.3) is 0 Å². The molecule has 3 N–H and O–H groups in total. The number of urea groups is 1. The van der Waals surface area contributed by atoms with E-state index in [0.29, 0.717) is 11.5 Å². The summed E-state index contributed by atoms with van der Waals surface area (Å²) in [6, 6.07) is 5.63. The number of likely N-dealkylation sites (tertiary alicyclic amines) is 1. The molecule has 2 heterocycles. The summed E-state index contributed by atoms with van der Waals surface area (Å²) in [6.45, 7) is 4.24. The van der Waals surface area contributed by atoms with Gasteiger partial charge in [-0.25, -0.2) is 4.79 Å². The average molecular weight is 381 g/mol. The van der Waals surface area contributed by atoms with Crippen LogP contribution in [-0.2, 0) is 4.79 Å². The molecule has 0 saturated carbocycles. The maximum absolute atomic E-state index is 12.1. The number of terminal acetylenes is 1. The van der Waals surface area contributed by atoms with Gasteiger partial charge in [0.25, 0.3) is 0 Å². The maximum atomic E-state index is 12.1. The zero-order valence-corrected chi connectivity index (χ0v) is 16.4. The lowest BCUT2D eigenvalue weighted by Gasteiger charge is -2.34. The summed E-state index contributed by atoms with van der Waals surface area (Å²) in [7, 11) is 1.81. The smallest absolute Gasteiger partial charge is 0.329 e. The number of nitrogens with one attached hydrogen (secondary N) is 3. The topological polar surface area (TPSA) is 88.5 Å². The highest BCUT2D eigenvalue weighted by molar-refractivity contribution is 6.12. The molecule has 0 radical (unpaired) electrons. The molecule has 1 aromatic rings. The lowest BCUT2D eigenvalue weighted by atomic mass is 9.88. The first-order valence-electron chi connectivity index (χ1n) is 9.66. The van der Waals surface area contributed by atoms with Crippen LogP contribution in [0.2, 0.25) is 0 Å². The molecule has 1 aromatic carbocycles. The summed E-state index contributed by atoms with van der Waals surface area (Å²) in [5.41, 5.74) is 2.69. The minimum Gasteiger partial charge on any atom is -0.388 e. The van der Waals surface area contributed by atoms with Gasteiger partial charge < -0.3 is 5.32 Å². The number of anilines is 1. The summed E-state index contributed by atoms with van der Waals surface area (Å²) in [6.07, 6.45) is 7.83. The van der Waals surface area contributed by atoms with E-state index in [2.05, 4.69) is 34.4 Å². The van der Waals surface area contributed by atoms with Crippen molar-refractivity contribution in [1.29, 1.82) is 5.41 Å². The first-order valence-corrected chi connectivity index (χ1v) is 9.66. The number of amides is 3. The molecule has 0 bridgehead atoms. The molecule has 2 aliphatic heterocycles. The summed E-state index contributed by atoms with van der Waals surface area (Å²) >= 11 is 0. The number of imide groups is 1. The highest BCUT2D eigenvalue weighted by Crippen LogP contribution is 2.32. The molecule has 3 rings (SSSR count). The van der Waals surface area contributed by atoms with Crippen LogP contribution < -0.4 is 10.6 Å². The Morgan fingerprint density at radius 1 is 1.32 bits per heavy atom. The second-order valence-corrected chi connectivity index (χ2v) is 7.31. The minimum absolute atomic E-state index is 0.0959. The molecule has 148 valence electrons. The maximum Gasteiger partial charge on any atom is 0.329 e. The van der Waals surface area contributed by atoms with Crippen molar-refractivity contribution in [3.05, 3.63) is 29.3 Å². The second-order valence-electron chi connectivity index (χ2n) is 7.31. The molecule has 3 amide bonds. The molecular formula is C21H27N5O2. The predicted octanol–water partition coefficient (Wildman–Crippen LogP) is 2.20. The first kappa shape index (κ1) is 19.9. The largest absolute Gasteiger partial charge is 0.388 e. The third kappa shape index (κ3) is 4.02. The van der Waals surface area contributed by atoms with Crippen LogP contribution in [0.15, 0.2) is 18.2 Å². The van der Waals surface area contributed by atoms with Gasteiger partial charge in [0.05, 0.1) is 6.04 Å². The van der Waals surface area contributed by atoms with Crippen LogP contribution in [0, 0.1) is 17.8 Å². The van der Waals surface area contributed by atoms with E-state index in [4.69, 9.17) is 11.8 Å². The molecule has 28 heavy (non-hydrogen) atoms. The SMILES string of the molecule is C#CC(C)N1CCC(c2ccc(C(=N)N3CCC(=O)NC3=O)c(NC)c2)CC1. The van der Waals surface area contributed by atoms with Crippen LogP contribution >= 0.6 is 0 Å². The Morgan fingerprint density at radius 3 is 2.64 bits per heavy atom. The summed E-state index contributed by atoms with van der Waals surface area (Å²) < 4.78 is 0. The summed E-state index contributed by atoms with van der Waals surface area (Å²) in [4.78, 5) is 27.0. The highest BCUT2D eigenvalue weighted by Gasteiger charge is 2.28. The zero-order chi connectivity index (χ0) is 20.3. The quantitative estimate of drug-likeness (QED) is 0.424. The van der Waals surface area contributed by atoms with Crippen molar-refractivity contribution in [3.8, 4) is 12.3 Å². The standard InChI is InChI=1S/C21H27N5O2/c1-4-14(2)25-10-7-15(8-11-25)16-5-6-17(18(13-16)23-3)20(22)26-12-9-19(27)24-21(26)28/h1,5-6,13-15,22-23H,7-12H2,2-3H3,(H,24,27,28). The zero-order valence-electron chi connectivity index (χ0n) is 16.4. The van der Waals surface area contributed by atoms with Crippen molar-refractivity contribution in [2.75, 3.05) is 32.0 Å². The number of hydrogen-bond acceptors (Lipinski definition) is 5. The molecule has 1 atom stereocenters. The number of carbonyl (C=O) groups is 2. The lowest BCUT2D eigenvalue weighted by Crippen LogP contribution is -2.52. The molecule has 2 aliphatic rings.